The van der Waals surface area contributed by atoms with E-state index in [1.165, 1.54) is 0 Å². The van der Waals surface area contributed by atoms with Crippen LogP contribution in [0.15, 0.2) is 35.8 Å². The monoisotopic (exact) mass is 331 g/mol. The van der Waals surface area contributed by atoms with Gasteiger partial charge in [-0.1, -0.05) is 17.5 Å². The van der Waals surface area contributed by atoms with Gasteiger partial charge < -0.3 is 9.80 Å². The van der Waals surface area contributed by atoms with E-state index >= 15 is 0 Å². The summed E-state index contributed by atoms with van der Waals surface area (Å²) in [6, 6.07) is 7.15. The summed E-state index contributed by atoms with van der Waals surface area (Å²) in [5, 5.41) is 3.64. The van der Waals surface area contributed by atoms with Gasteiger partial charge in [0.1, 0.15) is 0 Å². The number of aromatic nitrogens is 1. The number of piperazine rings is 1. The van der Waals surface area contributed by atoms with E-state index in [9.17, 15) is 4.79 Å². The van der Waals surface area contributed by atoms with Crippen molar-refractivity contribution in [3.8, 4) is 11.8 Å². The van der Waals surface area contributed by atoms with Gasteiger partial charge in [0.15, 0.2) is 5.13 Å². The minimum absolute atomic E-state index is 0.131. The topological polar surface area (TPSA) is 36.4 Å². The lowest BCUT2D eigenvalue weighted by Gasteiger charge is -2.33. The quantitative estimate of drug-likeness (QED) is 0.753. The Hall–Kier alpha value is -2.03. The van der Waals surface area contributed by atoms with Crippen molar-refractivity contribution < 1.29 is 4.79 Å². The molecule has 0 N–H and O–H groups in total. The first-order valence-corrected chi connectivity index (χ1v) is 8.19. The van der Waals surface area contributed by atoms with Gasteiger partial charge in [0.2, 0.25) is 0 Å². The number of rotatable bonds is 1. The summed E-state index contributed by atoms with van der Waals surface area (Å²) in [4.78, 5) is 20.4. The Kier molecular flexibility index (Phi) is 4.62. The van der Waals surface area contributed by atoms with Gasteiger partial charge in [-0.15, -0.1) is 11.3 Å². The maximum atomic E-state index is 12.1. The number of carbonyl (C=O) groups is 1. The van der Waals surface area contributed by atoms with E-state index < -0.39 is 0 Å². The first-order chi connectivity index (χ1) is 10.7. The average molecular weight is 332 g/mol. The number of anilines is 1. The third kappa shape index (κ3) is 3.59. The molecular formula is C16H14ClN3OS. The molecule has 0 unspecified atom stereocenters. The van der Waals surface area contributed by atoms with Crippen LogP contribution in [0.25, 0.3) is 0 Å². The smallest absolute Gasteiger partial charge is 0.298 e. The largest absolute Gasteiger partial charge is 0.345 e. The van der Waals surface area contributed by atoms with Gasteiger partial charge in [0.25, 0.3) is 5.91 Å². The number of nitrogens with zero attached hydrogens (tertiary/aromatic N) is 3. The molecule has 0 bridgehead atoms. The summed E-state index contributed by atoms with van der Waals surface area (Å²) >= 11 is 7.44. The van der Waals surface area contributed by atoms with Crippen LogP contribution in [-0.4, -0.2) is 42.0 Å². The molecule has 2 aromatic rings. The number of halogens is 1. The number of benzene rings is 1. The molecule has 2 heterocycles. The molecule has 1 aromatic carbocycles. The minimum Gasteiger partial charge on any atom is -0.345 e. The van der Waals surface area contributed by atoms with E-state index in [1.807, 2.05) is 17.5 Å². The lowest BCUT2D eigenvalue weighted by Crippen LogP contribution is -2.48. The van der Waals surface area contributed by atoms with Crippen LogP contribution in [-0.2, 0) is 4.79 Å². The van der Waals surface area contributed by atoms with Crippen molar-refractivity contribution in [2.75, 3.05) is 31.1 Å². The number of hydrogen-bond donors (Lipinski definition) is 0. The molecule has 0 radical (unpaired) electrons. The van der Waals surface area contributed by atoms with Crippen LogP contribution in [0.4, 0.5) is 5.13 Å². The van der Waals surface area contributed by atoms with Crippen LogP contribution in [0.1, 0.15) is 5.56 Å². The summed E-state index contributed by atoms with van der Waals surface area (Å²) in [7, 11) is 0. The van der Waals surface area contributed by atoms with E-state index in [-0.39, 0.29) is 5.91 Å². The van der Waals surface area contributed by atoms with Crippen LogP contribution in [0.3, 0.4) is 0 Å². The van der Waals surface area contributed by atoms with Gasteiger partial charge in [0.05, 0.1) is 0 Å². The van der Waals surface area contributed by atoms with Gasteiger partial charge >= 0.3 is 0 Å². The van der Waals surface area contributed by atoms with Gasteiger partial charge in [0, 0.05) is 54.3 Å². The summed E-state index contributed by atoms with van der Waals surface area (Å²) in [5.41, 5.74) is 0.791. The molecule has 0 atom stereocenters. The summed E-state index contributed by atoms with van der Waals surface area (Å²) < 4.78 is 0. The average Bonchev–Trinajstić information content (AvgIpc) is 3.09. The second-order valence-electron chi connectivity index (χ2n) is 4.85. The maximum Gasteiger partial charge on any atom is 0.298 e. The SMILES string of the molecule is O=C(C#Cc1ccc(Cl)cc1)N1CCN(c2nccs2)CC1. The zero-order chi connectivity index (χ0) is 15.4. The molecule has 6 heteroatoms. The highest BCUT2D eigenvalue weighted by Gasteiger charge is 2.21. The molecule has 0 spiro atoms. The Balaban J connectivity index is 1.57. The van der Waals surface area contributed by atoms with E-state index in [0.29, 0.717) is 18.1 Å². The molecule has 22 heavy (non-hydrogen) atoms. The third-order valence-electron chi connectivity index (χ3n) is 3.41. The van der Waals surface area contributed by atoms with Crippen molar-refractivity contribution in [2.45, 2.75) is 0 Å². The fraction of sp³-hybridized carbons (Fsp3) is 0.250. The molecule has 4 nitrogen and oxygen atoms in total. The van der Waals surface area contributed by atoms with Crippen LogP contribution < -0.4 is 4.90 Å². The lowest BCUT2D eigenvalue weighted by atomic mass is 10.2. The Morgan fingerprint density at radius 1 is 1.18 bits per heavy atom. The van der Waals surface area contributed by atoms with E-state index in [0.717, 1.165) is 23.8 Å². The summed E-state index contributed by atoms with van der Waals surface area (Å²) in [5.74, 6) is 5.45. The highest BCUT2D eigenvalue weighted by Crippen LogP contribution is 2.18. The Bertz CT molecular complexity index is 695. The zero-order valence-electron chi connectivity index (χ0n) is 11.8. The normalized spacial score (nSPS) is 14.4. The lowest BCUT2D eigenvalue weighted by molar-refractivity contribution is -0.125. The van der Waals surface area contributed by atoms with Crippen molar-refractivity contribution in [3.05, 3.63) is 46.4 Å². The first-order valence-electron chi connectivity index (χ1n) is 6.93. The second-order valence-corrected chi connectivity index (χ2v) is 6.16. The molecule has 0 aliphatic carbocycles. The van der Waals surface area contributed by atoms with Crippen molar-refractivity contribution >= 4 is 34.0 Å². The number of thiazole rings is 1. The highest BCUT2D eigenvalue weighted by atomic mass is 35.5. The predicted octanol–water partition coefficient (Wildman–Crippen LogP) is 2.50. The van der Waals surface area contributed by atoms with Gasteiger partial charge in [-0.3, -0.25) is 4.79 Å². The maximum absolute atomic E-state index is 12.1. The third-order valence-corrected chi connectivity index (χ3v) is 4.50. The summed E-state index contributed by atoms with van der Waals surface area (Å²) in [6.07, 6.45) is 1.80. The Morgan fingerprint density at radius 3 is 2.55 bits per heavy atom. The van der Waals surface area contributed by atoms with Crippen LogP contribution in [0.5, 0.6) is 0 Å². The molecule has 112 valence electrons. The van der Waals surface area contributed by atoms with Gasteiger partial charge in [-0.2, -0.15) is 0 Å². The highest BCUT2D eigenvalue weighted by molar-refractivity contribution is 7.13. The Morgan fingerprint density at radius 2 is 1.91 bits per heavy atom. The predicted molar refractivity (Wildman–Crippen MR) is 89.2 cm³/mol. The molecule has 1 amide bonds. The van der Waals surface area contributed by atoms with Crippen LogP contribution in [0, 0.1) is 11.8 Å². The number of amides is 1. The van der Waals surface area contributed by atoms with Crippen LogP contribution >= 0.6 is 22.9 Å². The standard InChI is InChI=1S/C16H14ClN3OS/c17-14-4-1-13(2-5-14)3-6-15(21)19-8-10-20(11-9-19)16-18-7-12-22-16/h1-2,4-5,7,12H,8-11H2. The van der Waals surface area contributed by atoms with E-state index in [2.05, 4.69) is 21.7 Å². The molecule has 1 aliphatic rings. The fourth-order valence-electron chi connectivity index (χ4n) is 2.21. The van der Waals surface area contributed by atoms with Crippen molar-refractivity contribution in [3.63, 3.8) is 0 Å². The molecule has 1 aromatic heterocycles. The minimum atomic E-state index is -0.131. The first kappa shape index (κ1) is 14.9. The van der Waals surface area contributed by atoms with Crippen LogP contribution in [0.2, 0.25) is 5.02 Å². The van der Waals surface area contributed by atoms with Gasteiger partial charge in [-0.05, 0) is 24.3 Å². The fourth-order valence-corrected chi connectivity index (χ4v) is 3.03. The second kappa shape index (κ2) is 6.82. The van der Waals surface area contributed by atoms with Crippen molar-refractivity contribution in [1.29, 1.82) is 0 Å². The number of carbonyl (C=O) groups excluding carboxylic acids is 1. The summed E-state index contributed by atoms with van der Waals surface area (Å²) in [6.45, 7) is 2.94. The number of hydrogen-bond acceptors (Lipinski definition) is 4. The molecule has 1 fully saturated rings. The van der Waals surface area contributed by atoms with Crippen molar-refractivity contribution in [1.82, 2.24) is 9.88 Å². The van der Waals surface area contributed by atoms with Gasteiger partial charge in [-0.25, -0.2) is 4.98 Å². The van der Waals surface area contributed by atoms with E-state index in [1.54, 1.807) is 34.6 Å². The Labute approximate surface area is 138 Å². The molecular weight excluding hydrogens is 318 g/mol. The molecule has 3 rings (SSSR count). The molecule has 1 saturated heterocycles. The molecule has 1 aliphatic heterocycles. The van der Waals surface area contributed by atoms with Crippen molar-refractivity contribution in [2.24, 2.45) is 0 Å². The van der Waals surface area contributed by atoms with E-state index in [4.69, 9.17) is 11.6 Å². The molecule has 0 saturated carbocycles. The zero-order valence-corrected chi connectivity index (χ0v) is 13.4.